The number of hydrogen-bond acceptors (Lipinski definition) is 4. The van der Waals surface area contributed by atoms with E-state index in [-0.39, 0.29) is 17.4 Å². The zero-order valence-corrected chi connectivity index (χ0v) is 12.8. The molecule has 5 nitrogen and oxygen atoms in total. The Balaban J connectivity index is 2.18. The minimum absolute atomic E-state index is 0.0713. The lowest BCUT2D eigenvalue weighted by Gasteiger charge is -2.14. The fourth-order valence-electron chi connectivity index (χ4n) is 2.17. The molecule has 1 N–H and O–H groups in total. The van der Waals surface area contributed by atoms with E-state index < -0.39 is 15.8 Å². The van der Waals surface area contributed by atoms with Gasteiger partial charge in [-0.2, -0.15) is 0 Å². The number of nitrogens with one attached hydrogen (secondary N) is 1. The van der Waals surface area contributed by atoms with Gasteiger partial charge in [-0.3, -0.25) is 4.79 Å². The summed E-state index contributed by atoms with van der Waals surface area (Å²) < 4.78 is 28.0. The maximum absolute atomic E-state index is 12.1. The summed E-state index contributed by atoms with van der Waals surface area (Å²) in [5, 5.41) is 3.27. The van der Waals surface area contributed by atoms with Gasteiger partial charge in [0, 0.05) is 11.1 Å². The molecular weight excluding hydrogens is 302 g/mol. The molecule has 0 spiro atoms. The van der Waals surface area contributed by atoms with Crippen molar-refractivity contribution >= 4 is 33.0 Å². The van der Waals surface area contributed by atoms with Crippen LogP contribution in [0.5, 0.6) is 5.75 Å². The van der Waals surface area contributed by atoms with Gasteiger partial charge in [0.1, 0.15) is 5.75 Å². The van der Waals surface area contributed by atoms with Crippen LogP contribution < -0.4 is 10.1 Å². The molecule has 1 saturated heterocycles. The Labute approximate surface area is 123 Å². The molecule has 1 aliphatic rings. The first-order valence-corrected chi connectivity index (χ1v) is 8.38. The van der Waals surface area contributed by atoms with Crippen LogP contribution in [-0.4, -0.2) is 32.9 Å². The number of sulfone groups is 1. The van der Waals surface area contributed by atoms with E-state index in [0.29, 0.717) is 22.9 Å². The lowest BCUT2D eigenvalue weighted by molar-refractivity contribution is -0.119. The van der Waals surface area contributed by atoms with E-state index in [1.165, 1.54) is 7.11 Å². The lowest BCUT2D eigenvalue weighted by Crippen LogP contribution is -2.24. The summed E-state index contributed by atoms with van der Waals surface area (Å²) in [7, 11) is -1.59. The van der Waals surface area contributed by atoms with Gasteiger partial charge in [0.25, 0.3) is 0 Å². The molecule has 0 radical (unpaired) electrons. The highest BCUT2D eigenvalue weighted by Gasteiger charge is 2.33. The average molecular weight is 318 g/mol. The largest absolute Gasteiger partial charge is 0.495 e. The number of carbonyl (C=O) groups is 1. The SMILES string of the molecule is COc1cc(Cl)c(C)cc1NC(=O)C1CCS(=O)(=O)C1. The van der Waals surface area contributed by atoms with Crippen LogP contribution in [0.4, 0.5) is 5.69 Å². The first-order chi connectivity index (χ1) is 9.32. The van der Waals surface area contributed by atoms with Gasteiger partial charge in [-0.25, -0.2) is 8.42 Å². The summed E-state index contributed by atoms with van der Waals surface area (Å²) in [6.45, 7) is 1.82. The topological polar surface area (TPSA) is 72.5 Å². The molecule has 1 unspecified atom stereocenters. The van der Waals surface area contributed by atoms with E-state index in [9.17, 15) is 13.2 Å². The molecule has 1 aromatic carbocycles. The lowest BCUT2D eigenvalue weighted by atomic mass is 10.1. The Bertz CT molecular complexity index is 642. The summed E-state index contributed by atoms with van der Waals surface area (Å²) in [5.41, 5.74) is 1.31. The van der Waals surface area contributed by atoms with Crippen LogP contribution in [0, 0.1) is 12.8 Å². The Morgan fingerprint density at radius 1 is 1.45 bits per heavy atom. The monoisotopic (exact) mass is 317 g/mol. The predicted octanol–water partition coefficient (Wildman–Crippen LogP) is 2.03. The molecule has 0 aromatic heterocycles. The fraction of sp³-hybridized carbons (Fsp3) is 0.462. The highest BCUT2D eigenvalue weighted by molar-refractivity contribution is 7.91. The standard InChI is InChI=1S/C13H16ClNO4S/c1-8-5-11(12(19-2)6-10(8)14)15-13(16)9-3-4-20(17,18)7-9/h5-6,9H,3-4,7H2,1-2H3,(H,15,16). The molecule has 20 heavy (non-hydrogen) atoms. The molecule has 1 aliphatic heterocycles. The number of amides is 1. The number of methoxy groups -OCH3 is 1. The molecule has 1 amide bonds. The van der Waals surface area contributed by atoms with Crippen molar-refractivity contribution in [2.75, 3.05) is 23.9 Å². The maximum atomic E-state index is 12.1. The Morgan fingerprint density at radius 3 is 2.70 bits per heavy atom. The number of halogens is 1. The van der Waals surface area contributed by atoms with E-state index in [1.807, 2.05) is 6.92 Å². The van der Waals surface area contributed by atoms with Gasteiger partial charge in [-0.1, -0.05) is 11.6 Å². The molecule has 1 fully saturated rings. The second kappa shape index (κ2) is 5.61. The van der Waals surface area contributed by atoms with Crippen LogP contribution in [0.1, 0.15) is 12.0 Å². The molecular formula is C13H16ClNO4S. The van der Waals surface area contributed by atoms with Crippen molar-refractivity contribution in [2.24, 2.45) is 5.92 Å². The van der Waals surface area contributed by atoms with E-state index in [0.717, 1.165) is 5.56 Å². The van der Waals surface area contributed by atoms with Crippen molar-refractivity contribution in [2.45, 2.75) is 13.3 Å². The number of rotatable bonds is 3. The molecule has 0 bridgehead atoms. The van der Waals surface area contributed by atoms with Crippen LogP contribution >= 0.6 is 11.6 Å². The van der Waals surface area contributed by atoms with Crippen molar-refractivity contribution in [3.8, 4) is 5.75 Å². The molecule has 1 heterocycles. The van der Waals surface area contributed by atoms with Crippen LogP contribution in [0.2, 0.25) is 5.02 Å². The Hall–Kier alpha value is -1.27. The van der Waals surface area contributed by atoms with Gasteiger partial charge in [0.2, 0.25) is 5.91 Å². The van der Waals surface area contributed by atoms with Crippen molar-refractivity contribution in [1.82, 2.24) is 0 Å². The zero-order valence-electron chi connectivity index (χ0n) is 11.3. The van der Waals surface area contributed by atoms with E-state index in [4.69, 9.17) is 16.3 Å². The second-order valence-electron chi connectivity index (χ2n) is 4.89. The van der Waals surface area contributed by atoms with Crippen molar-refractivity contribution < 1.29 is 17.9 Å². The maximum Gasteiger partial charge on any atom is 0.228 e. The number of carbonyl (C=O) groups excluding carboxylic acids is 1. The van der Waals surface area contributed by atoms with Gasteiger partial charge in [0.05, 0.1) is 30.2 Å². The van der Waals surface area contributed by atoms with E-state index in [1.54, 1.807) is 12.1 Å². The highest BCUT2D eigenvalue weighted by Crippen LogP contribution is 2.32. The molecule has 0 aliphatic carbocycles. The number of anilines is 1. The van der Waals surface area contributed by atoms with E-state index in [2.05, 4.69) is 5.32 Å². The summed E-state index contributed by atoms with van der Waals surface area (Å²) >= 11 is 5.99. The molecule has 1 aromatic rings. The molecule has 0 saturated carbocycles. The highest BCUT2D eigenvalue weighted by atomic mass is 35.5. The summed E-state index contributed by atoms with van der Waals surface area (Å²) in [6, 6.07) is 3.33. The average Bonchev–Trinajstić information content (AvgIpc) is 2.74. The first kappa shape index (κ1) is 15.1. The fourth-order valence-corrected chi connectivity index (χ4v) is 4.06. The second-order valence-corrected chi connectivity index (χ2v) is 7.53. The molecule has 110 valence electrons. The van der Waals surface area contributed by atoms with Crippen LogP contribution in [0.25, 0.3) is 0 Å². The number of benzene rings is 1. The third-order valence-electron chi connectivity index (χ3n) is 3.34. The third kappa shape index (κ3) is 3.24. The van der Waals surface area contributed by atoms with Crippen molar-refractivity contribution in [1.29, 1.82) is 0 Å². The molecule has 2 rings (SSSR count). The third-order valence-corrected chi connectivity index (χ3v) is 5.52. The Morgan fingerprint density at radius 2 is 2.15 bits per heavy atom. The van der Waals surface area contributed by atoms with Gasteiger partial charge < -0.3 is 10.1 Å². The quantitative estimate of drug-likeness (QED) is 0.926. The van der Waals surface area contributed by atoms with E-state index >= 15 is 0 Å². The minimum atomic E-state index is -3.08. The normalized spacial score (nSPS) is 20.6. The molecule has 1 atom stereocenters. The van der Waals surface area contributed by atoms with Gasteiger partial charge in [-0.15, -0.1) is 0 Å². The van der Waals surface area contributed by atoms with Gasteiger partial charge in [0.15, 0.2) is 9.84 Å². The minimum Gasteiger partial charge on any atom is -0.495 e. The number of hydrogen-bond donors (Lipinski definition) is 1. The zero-order chi connectivity index (χ0) is 14.9. The summed E-state index contributed by atoms with van der Waals surface area (Å²) in [5.74, 6) is -0.364. The molecule has 7 heteroatoms. The first-order valence-electron chi connectivity index (χ1n) is 6.18. The Kier molecular flexibility index (Phi) is 4.25. The number of aryl methyl sites for hydroxylation is 1. The van der Waals surface area contributed by atoms with Crippen molar-refractivity contribution in [3.63, 3.8) is 0 Å². The van der Waals surface area contributed by atoms with Crippen molar-refractivity contribution in [3.05, 3.63) is 22.7 Å². The van der Waals surface area contributed by atoms with Crippen LogP contribution in [-0.2, 0) is 14.6 Å². The number of ether oxygens (including phenoxy) is 1. The van der Waals surface area contributed by atoms with Crippen LogP contribution in [0.3, 0.4) is 0 Å². The van der Waals surface area contributed by atoms with Gasteiger partial charge in [-0.05, 0) is 25.0 Å². The summed E-state index contributed by atoms with van der Waals surface area (Å²) in [6.07, 6.45) is 0.364. The smallest absolute Gasteiger partial charge is 0.228 e. The predicted molar refractivity (Wildman–Crippen MR) is 78.1 cm³/mol. The van der Waals surface area contributed by atoms with Gasteiger partial charge >= 0.3 is 0 Å². The summed E-state index contributed by atoms with van der Waals surface area (Å²) in [4.78, 5) is 12.1. The van der Waals surface area contributed by atoms with Crippen LogP contribution in [0.15, 0.2) is 12.1 Å².